The Morgan fingerprint density at radius 2 is 2.17 bits per heavy atom. The van der Waals surface area contributed by atoms with Crippen LogP contribution >= 0.6 is 23.2 Å². The van der Waals surface area contributed by atoms with Crippen molar-refractivity contribution < 1.29 is 4.74 Å². The van der Waals surface area contributed by atoms with Crippen molar-refractivity contribution >= 4 is 23.2 Å². The van der Waals surface area contributed by atoms with Crippen molar-refractivity contribution in [3.8, 4) is 0 Å². The smallest absolute Gasteiger partial charge is 0.129 e. The zero-order chi connectivity index (χ0) is 13.0. The number of aromatic nitrogens is 1. The van der Waals surface area contributed by atoms with E-state index in [2.05, 4.69) is 9.88 Å². The maximum atomic E-state index is 6.07. The maximum absolute atomic E-state index is 6.07. The summed E-state index contributed by atoms with van der Waals surface area (Å²) in [6.45, 7) is 3.22. The lowest BCUT2D eigenvalue weighted by atomic mass is 10.3. The van der Waals surface area contributed by atoms with Gasteiger partial charge < -0.3 is 4.74 Å². The van der Waals surface area contributed by atoms with Crippen LogP contribution in [0.15, 0.2) is 12.1 Å². The Labute approximate surface area is 118 Å². The van der Waals surface area contributed by atoms with Crippen LogP contribution < -0.4 is 0 Å². The molecule has 1 aromatic heterocycles. The van der Waals surface area contributed by atoms with Gasteiger partial charge in [-0.25, -0.2) is 4.98 Å². The predicted octanol–water partition coefficient (Wildman–Crippen LogP) is 3.25. The fourth-order valence-electron chi connectivity index (χ4n) is 1.66. The van der Waals surface area contributed by atoms with Gasteiger partial charge in [-0.15, -0.1) is 0 Å². The summed E-state index contributed by atoms with van der Waals surface area (Å²) in [5, 5.41) is 1.14. The van der Waals surface area contributed by atoms with Gasteiger partial charge in [-0.3, -0.25) is 4.90 Å². The Kier molecular flexibility index (Phi) is 5.25. The summed E-state index contributed by atoms with van der Waals surface area (Å²) >= 11 is 11.9. The van der Waals surface area contributed by atoms with Crippen LogP contribution in [-0.2, 0) is 11.3 Å². The lowest BCUT2D eigenvalue weighted by Crippen LogP contribution is -2.23. The van der Waals surface area contributed by atoms with E-state index in [9.17, 15) is 0 Å². The van der Waals surface area contributed by atoms with Crippen molar-refractivity contribution in [2.75, 3.05) is 26.8 Å². The zero-order valence-corrected chi connectivity index (χ0v) is 12.0. The van der Waals surface area contributed by atoms with Gasteiger partial charge in [0, 0.05) is 19.7 Å². The molecule has 0 atom stereocenters. The minimum absolute atomic E-state index is 0.479. The summed E-state index contributed by atoms with van der Waals surface area (Å²) in [5.41, 5.74) is 0.814. The van der Waals surface area contributed by atoms with Crippen molar-refractivity contribution in [1.82, 2.24) is 9.88 Å². The van der Waals surface area contributed by atoms with Gasteiger partial charge in [0.25, 0.3) is 0 Å². The van der Waals surface area contributed by atoms with E-state index < -0.39 is 0 Å². The first-order valence-electron chi connectivity index (χ1n) is 6.22. The molecule has 0 amide bonds. The Balaban J connectivity index is 1.71. The third kappa shape index (κ3) is 4.73. The van der Waals surface area contributed by atoms with Crippen LogP contribution in [0.1, 0.15) is 18.5 Å². The first-order valence-corrected chi connectivity index (χ1v) is 6.98. The molecule has 1 heterocycles. The first-order chi connectivity index (χ1) is 8.65. The lowest BCUT2D eigenvalue weighted by Gasteiger charge is -2.16. The third-order valence-electron chi connectivity index (χ3n) is 2.97. The Morgan fingerprint density at radius 3 is 2.89 bits per heavy atom. The van der Waals surface area contributed by atoms with Gasteiger partial charge >= 0.3 is 0 Å². The topological polar surface area (TPSA) is 25.4 Å². The highest BCUT2D eigenvalue weighted by molar-refractivity contribution is 6.32. The van der Waals surface area contributed by atoms with Crippen LogP contribution in [0.2, 0.25) is 10.2 Å². The SMILES string of the molecule is CN(CCOCC1CC1)Cc1nc(Cl)ccc1Cl. The molecule has 0 bridgehead atoms. The van der Waals surface area contributed by atoms with Gasteiger partial charge in [-0.05, 0) is 37.9 Å². The molecule has 18 heavy (non-hydrogen) atoms. The summed E-state index contributed by atoms with van der Waals surface area (Å²) in [5.74, 6) is 0.819. The largest absolute Gasteiger partial charge is 0.380 e. The molecule has 5 heteroatoms. The van der Waals surface area contributed by atoms with Gasteiger partial charge in [0.05, 0.1) is 17.3 Å². The van der Waals surface area contributed by atoms with E-state index in [1.807, 2.05) is 7.05 Å². The Hall–Kier alpha value is -0.350. The molecule has 0 saturated heterocycles. The van der Waals surface area contributed by atoms with Crippen molar-refractivity contribution in [1.29, 1.82) is 0 Å². The molecule has 0 aromatic carbocycles. The van der Waals surface area contributed by atoms with E-state index in [1.165, 1.54) is 12.8 Å². The number of nitrogens with zero attached hydrogens (tertiary/aromatic N) is 2. The van der Waals surface area contributed by atoms with Crippen LogP contribution in [0.4, 0.5) is 0 Å². The standard InChI is InChI=1S/C13H18Cl2N2O/c1-17(6-7-18-9-10-2-3-10)8-12-11(14)4-5-13(15)16-12/h4-5,10H,2-3,6-9H2,1H3. The maximum Gasteiger partial charge on any atom is 0.129 e. The van der Waals surface area contributed by atoms with Crippen molar-refractivity contribution in [2.45, 2.75) is 19.4 Å². The molecule has 0 unspecified atom stereocenters. The number of rotatable bonds is 7. The molecule has 2 rings (SSSR count). The average Bonchev–Trinajstić information content (AvgIpc) is 3.13. The number of pyridine rings is 1. The molecule has 0 radical (unpaired) electrons. The molecule has 1 fully saturated rings. The normalized spacial score (nSPS) is 15.3. The van der Waals surface area contributed by atoms with E-state index in [1.54, 1.807) is 12.1 Å². The van der Waals surface area contributed by atoms with Gasteiger partial charge in [0.15, 0.2) is 0 Å². The molecule has 100 valence electrons. The summed E-state index contributed by atoms with van der Waals surface area (Å²) in [4.78, 5) is 6.37. The van der Waals surface area contributed by atoms with Crippen molar-refractivity contribution in [3.05, 3.63) is 28.0 Å². The summed E-state index contributed by atoms with van der Waals surface area (Å²) in [6.07, 6.45) is 2.66. The van der Waals surface area contributed by atoms with Crippen LogP contribution in [0, 0.1) is 5.92 Å². The first kappa shape index (κ1) is 14.1. The lowest BCUT2D eigenvalue weighted by molar-refractivity contribution is 0.101. The molecule has 1 aliphatic carbocycles. The summed E-state index contributed by atoms with van der Waals surface area (Å²) < 4.78 is 5.60. The molecular formula is C13H18Cl2N2O. The van der Waals surface area contributed by atoms with E-state index in [0.717, 1.165) is 31.4 Å². The van der Waals surface area contributed by atoms with Crippen LogP contribution in [0.5, 0.6) is 0 Å². The van der Waals surface area contributed by atoms with Gasteiger partial charge in [0.1, 0.15) is 5.15 Å². The van der Waals surface area contributed by atoms with Gasteiger partial charge in [-0.2, -0.15) is 0 Å². The second-order valence-electron chi connectivity index (χ2n) is 4.82. The molecular weight excluding hydrogens is 271 g/mol. The van der Waals surface area contributed by atoms with Gasteiger partial charge in [-0.1, -0.05) is 23.2 Å². The number of ether oxygens (including phenoxy) is 1. The molecule has 1 aromatic rings. The highest BCUT2D eigenvalue weighted by atomic mass is 35.5. The molecule has 1 aliphatic rings. The Morgan fingerprint density at radius 1 is 1.39 bits per heavy atom. The predicted molar refractivity (Wildman–Crippen MR) is 74.1 cm³/mol. The summed E-state index contributed by atoms with van der Waals surface area (Å²) in [6, 6.07) is 3.48. The Bertz CT molecular complexity index is 397. The minimum Gasteiger partial charge on any atom is -0.380 e. The molecule has 1 saturated carbocycles. The van der Waals surface area contributed by atoms with E-state index in [4.69, 9.17) is 27.9 Å². The van der Waals surface area contributed by atoms with E-state index >= 15 is 0 Å². The monoisotopic (exact) mass is 288 g/mol. The number of hydrogen-bond acceptors (Lipinski definition) is 3. The highest BCUT2D eigenvalue weighted by Gasteiger charge is 2.20. The van der Waals surface area contributed by atoms with E-state index in [0.29, 0.717) is 16.7 Å². The molecule has 3 nitrogen and oxygen atoms in total. The summed E-state index contributed by atoms with van der Waals surface area (Å²) in [7, 11) is 2.03. The second kappa shape index (κ2) is 6.71. The van der Waals surface area contributed by atoms with E-state index in [-0.39, 0.29) is 0 Å². The average molecular weight is 289 g/mol. The van der Waals surface area contributed by atoms with Crippen molar-refractivity contribution in [2.24, 2.45) is 5.92 Å². The highest BCUT2D eigenvalue weighted by Crippen LogP contribution is 2.28. The van der Waals surface area contributed by atoms with Crippen LogP contribution in [0.3, 0.4) is 0 Å². The fourth-order valence-corrected chi connectivity index (χ4v) is 1.99. The van der Waals surface area contributed by atoms with Gasteiger partial charge in [0.2, 0.25) is 0 Å². The number of likely N-dealkylation sites (N-methyl/N-ethyl adjacent to an activating group) is 1. The quantitative estimate of drug-likeness (QED) is 0.569. The number of hydrogen-bond donors (Lipinski definition) is 0. The van der Waals surface area contributed by atoms with Crippen molar-refractivity contribution in [3.63, 3.8) is 0 Å². The number of halogens is 2. The third-order valence-corrected chi connectivity index (χ3v) is 3.53. The zero-order valence-electron chi connectivity index (χ0n) is 10.5. The van der Waals surface area contributed by atoms with Crippen LogP contribution in [0.25, 0.3) is 0 Å². The fraction of sp³-hybridized carbons (Fsp3) is 0.615. The second-order valence-corrected chi connectivity index (χ2v) is 5.61. The minimum atomic E-state index is 0.479. The van der Waals surface area contributed by atoms with Crippen LogP contribution in [-0.4, -0.2) is 36.7 Å². The molecule has 0 spiro atoms. The molecule has 0 aliphatic heterocycles. The molecule has 0 N–H and O–H groups in total.